The van der Waals surface area contributed by atoms with Gasteiger partial charge in [-0.1, -0.05) is 36.0 Å². The number of terminal acetylenes is 1. The molecule has 1 amide bonds. The molecule has 0 saturated carbocycles. The number of carbonyl (C=O) groups is 2. The molecule has 1 N–H and O–H groups in total. The van der Waals surface area contributed by atoms with Crippen molar-refractivity contribution in [1.29, 1.82) is 0 Å². The second-order valence-electron chi connectivity index (χ2n) is 5.11. The van der Waals surface area contributed by atoms with Crippen molar-refractivity contribution < 1.29 is 24.2 Å². The molecule has 0 aliphatic carbocycles. The number of rotatable bonds is 8. The molecule has 1 saturated heterocycles. The predicted octanol–water partition coefficient (Wildman–Crippen LogP) is 2.77. The Hall–Kier alpha value is -2.50. The van der Waals surface area contributed by atoms with Gasteiger partial charge in [-0.2, -0.15) is 0 Å². The molecule has 1 heterocycles. The SMILES string of the molecule is C#CCOc1ccc(/C=C2\SC(=S)N(CCC(=O)O)C2=O)cc1OCC. The van der Waals surface area contributed by atoms with Crippen LogP contribution in [0.4, 0.5) is 0 Å². The Kier molecular flexibility index (Phi) is 7.06. The molecule has 0 radical (unpaired) electrons. The lowest BCUT2D eigenvalue weighted by Crippen LogP contribution is -2.30. The number of amides is 1. The first-order chi connectivity index (χ1) is 12.5. The van der Waals surface area contributed by atoms with Crippen LogP contribution in [-0.4, -0.2) is 46.0 Å². The van der Waals surface area contributed by atoms with Crippen molar-refractivity contribution in [1.82, 2.24) is 4.90 Å². The van der Waals surface area contributed by atoms with Crippen molar-refractivity contribution in [2.75, 3.05) is 19.8 Å². The van der Waals surface area contributed by atoms with Gasteiger partial charge in [-0.3, -0.25) is 14.5 Å². The van der Waals surface area contributed by atoms with Crippen LogP contribution in [0.25, 0.3) is 6.08 Å². The lowest BCUT2D eigenvalue weighted by atomic mass is 10.2. The predicted molar refractivity (Wildman–Crippen MR) is 104 cm³/mol. The Morgan fingerprint density at radius 2 is 2.19 bits per heavy atom. The highest BCUT2D eigenvalue weighted by Gasteiger charge is 2.32. The summed E-state index contributed by atoms with van der Waals surface area (Å²) in [7, 11) is 0. The molecule has 1 aliphatic rings. The normalized spacial score (nSPS) is 15.2. The maximum absolute atomic E-state index is 12.4. The van der Waals surface area contributed by atoms with E-state index >= 15 is 0 Å². The van der Waals surface area contributed by atoms with Crippen molar-refractivity contribution in [3.8, 4) is 23.8 Å². The molecule has 0 atom stereocenters. The molecule has 6 nitrogen and oxygen atoms in total. The summed E-state index contributed by atoms with van der Waals surface area (Å²) in [5, 5.41) is 8.78. The molecular weight excluding hydrogens is 374 g/mol. The summed E-state index contributed by atoms with van der Waals surface area (Å²) >= 11 is 6.31. The smallest absolute Gasteiger partial charge is 0.305 e. The van der Waals surface area contributed by atoms with Crippen molar-refractivity contribution in [2.24, 2.45) is 0 Å². The van der Waals surface area contributed by atoms with Gasteiger partial charge in [0.15, 0.2) is 11.5 Å². The minimum Gasteiger partial charge on any atom is -0.490 e. The van der Waals surface area contributed by atoms with Crippen LogP contribution in [0.1, 0.15) is 18.9 Å². The Bertz CT molecular complexity index is 797. The van der Waals surface area contributed by atoms with E-state index < -0.39 is 5.97 Å². The molecule has 2 rings (SSSR count). The molecule has 0 bridgehead atoms. The molecule has 1 aromatic carbocycles. The van der Waals surface area contributed by atoms with E-state index in [2.05, 4.69) is 5.92 Å². The van der Waals surface area contributed by atoms with Crippen LogP contribution in [0.2, 0.25) is 0 Å². The lowest BCUT2D eigenvalue weighted by molar-refractivity contribution is -0.137. The van der Waals surface area contributed by atoms with Gasteiger partial charge in [0, 0.05) is 6.54 Å². The third kappa shape index (κ3) is 5.00. The Morgan fingerprint density at radius 1 is 1.42 bits per heavy atom. The largest absolute Gasteiger partial charge is 0.490 e. The summed E-state index contributed by atoms with van der Waals surface area (Å²) < 4.78 is 11.3. The van der Waals surface area contributed by atoms with E-state index in [1.807, 2.05) is 6.92 Å². The highest BCUT2D eigenvalue weighted by molar-refractivity contribution is 8.26. The standard InChI is InChI=1S/C18H17NO5S2/c1-3-9-24-13-6-5-12(10-14(13)23-4-2)11-15-17(22)19(18(25)26-15)8-7-16(20)21/h1,5-6,10-11H,4,7-9H2,2H3,(H,20,21)/b15-11-. The maximum Gasteiger partial charge on any atom is 0.305 e. The molecule has 1 fully saturated rings. The summed E-state index contributed by atoms with van der Waals surface area (Å²) in [5.74, 6) is 2.17. The Morgan fingerprint density at radius 3 is 2.85 bits per heavy atom. The van der Waals surface area contributed by atoms with Gasteiger partial charge in [-0.05, 0) is 30.7 Å². The molecule has 26 heavy (non-hydrogen) atoms. The fourth-order valence-corrected chi connectivity index (χ4v) is 3.48. The topological polar surface area (TPSA) is 76.1 Å². The first-order valence-corrected chi connectivity index (χ1v) is 8.99. The zero-order valence-electron chi connectivity index (χ0n) is 14.1. The van der Waals surface area contributed by atoms with Crippen LogP contribution in [0.15, 0.2) is 23.1 Å². The zero-order chi connectivity index (χ0) is 19.1. The number of carboxylic acids is 1. The third-order valence-corrected chi connectivity index (χ3v) is 4.68. The number of nitrogens with zero attached hydrogens (tertiary/aromatic N) is 1. The van der Waals surface area contributed by atoms with Gasteiger partial charge in [-0.15, -0.1) is 6.42 Å². The number of ether oxygens (including phenoxy) is 2. The van der Waals surface area contributed by atoms with E-state index in [-0.39, 0.29) is 25.5 Å². The average Bonchev–Trinajstić information content (AvgIpc) is 2.86. The fraction of sp³-hybridized carbons (Fsp3) is 0.278. The number of aliphatic carboxylic acids is 1. The minimum absolute atomic E-state index is 0.0560. The monoisotopic (exact) mass is 391 g/mol. The van der Waals surface area contributed by atoms with Gasteiger partial charge < -0.3 is 14.6 Å². The number of hydrogen-bond donors (Lipinski definition) is 1. The van der Waals surface area contributed by atoms with Crippen molar-refractivity contribution in [3.63, 3.8) is 0 Å². The highest BCUT2D eigenvalue weighted by Crippen LogP contribution is 2.34. The van der Waals surface area contributed by atoms with Gasteiger partial charge in [-0.25, -0.2) is 0 Å². The third-order valence-electron chi connectivity index (χ3n) is 3.30. The summed E-state index contributed by atoms with van der Waals surface area (Å²) in [5.41, 5.74) is 0.736. The van der Waals surface area contributed by atoms with Crippen LogP contribution in [0, 0.1) is 12.3 Å². The minimum atomic E-state index is -0.980. The Labute approximate surface area is 161 Å². The van der Waals surface area contributed by atoms with Gasteiger partial charge in [0.1, 0.15) is 10.9 Å². The second-order valence-corrected chi connectivity index (χ2v) is 6.78. The molecule has 136 valence electrons. The molecule has 0 aromatic heterocycles. The summed E-state index contributed by atoms with van der Waals surface area (Å²) in [4.78, 5) is 24.9. The van der Waals surface area contributed by atoms with E-state index in [4.69, 9.17) is 33.2 Å². The number of carbonyl (C=O) groups excluding carboxylic acids is 1. The van der Waals surface area contributed by atoms with Crippen LogP contribution in [0.3, 0.4) is 0 Å². The van der Waals surface area contributed by atoms with Crippen molar-refractivity contribution >= 4 is 46.3 Å². The van der Waals surface area contributed by atoms with Gasteiger partial charge >= 0.3 is 5.97 Å². The Balaban J connectivity index is 2.22. The average molecular weight is 391 g/mol. The maximum atomic E-state index is 12.4. The van der Waals surface area contributed by atoms with Crippen LogP contribution < -0.4 is 9.47 Å². The van der Waals surface area contributed by atoms with Crippen molar-refractivity contribution in [3.05, 3.63) is 28.7 Å². The second kappa shape index (κ2) is 9.27. The number of thioether (sulfide) groups is 1. The quantitative estimate of drug-likeness (QED) is 0.415. The summed E-state index contributed by atoms with van der Waals surface area (Å²) in [6, 6.07) is 5.25. The first-order valence-electron chi connectivity index (χ1n) is 7.76. The molecule has 0 spiro atoms. The fourth-order valence-electron chi connectivity index (χ4n) is 2.17. The number of benzene rings is 1. The zero-order valence-corrected chi connectivity index (χ0v) is 15.7. The van der Waals surface area contributed by atoms with Crippen LogP contribution >= 0.6 is 24.0 Å². The number of carboxylic acid groups (broad SMARTS) is 1. The van der Waals surface area contributed by atoms with E-state index in [0.717, 1.165) is 17.3 Å². The summed E-state index contributed by atoms with van der Waals surface area (Å²) in [6.07, 6.45) is 6.74. The molecule has 1 aromatic rings. The highest BCUT2D eigenvalue weighted by atomic mass is 32.2. The van der Waals surface area contributed by atoms with E-state index in [9.17, 15) is 9.59 Å². The lowest BCUT2D eigenvalue weighted by Gasteiger charge is -2.12. The number of hydrogen-bond acceptors (Lipinski definition) is 6. The van der Waals surface area contributed by atoms with Crippen molar-refractivity contribution in [2.45, 2.75) is 13.3 Å². The molecule has 1 aliphatic heterocycles. The molecular formula is C18H17NO5S2. The van der Waals surface area contributed by atoms with E-state index in [0.29, 0.717) is 27.3 Å². The van der Waals surface area contributed by atoms with Gasteiger partial charge in [0.05, 0.1) is 17.9 Å². The molecule has 0 unspecified atom stereocenters. The summed E-state index contributed by atoms with van der Waals surface area (Å²) in [6.45, 7) is 2.49. The van der Waals surface area contributed by atoms with Gasteiger partial charge in [0.2, 0.25) is 0 Å². The van der Waals surface area contributed by atoms with Crippen LogP contribution in [-0.2, 0) is 9.59 Å². The van der Waals surface area contributed by atoms with E-state index in [1.54, 1.807) is 24.3 Å². The number of thiocarbonyl (C=S) groups is 1. The van der Waals surface area contributed by atoms with Gasteiger partial charge in [0.25, 0.3) is 5.91 Å². The first kappa shape index (κ1) is 19.8. The van der Waals surface area contributed by atoms with E-state index in [1.165, 1.54) is 4.90 Å². The molecule has 8 heteroatoms. The van der Waals surface area contributed by atoms with Crippen LogP contribution in [0.5, 0.6) is 11.5 Å².